The standard InChI is InChI=1S/C28H24Cl2FNO4/c1-4-36-23-12-9-16(13-19(23)15(2)3)26(33)24-25(18-7-5-6-8-22(18)31)32(28(35)27(24)34)17-10-11-20(29)21(30)14-17/h5-15,25,33H,4H2,1-3H3/b26-24+. The van der Waals surface area contributed by atoms with Crippen molar-refractivity contribution in [3.8, 4) is 5.75 Å². The van der Waals surface area contributed by atoms with Gasteiger partial charge in [-0.3, -0.25) is 14.5 Å². The van der Waals surface area contributed by atoms with Crippen LogP contribution in [0.2, 0.25) is 10.0 Å². The predicted octanol–water partition coefficient (Wildman–Crippen LogP) is 7.28. The van der Waals surface area contributed by atoms with Gasteiger partial charge in [0.15, 0.2) is 0 Å². The van der Waals surface area contributed by atoms with Crippen molar-refractivity contribution < 1.29 is 23.8 Å². The Kier molecular flexibility index (Phi) is 7.38. The third kappa shape index (κ3) is 4.59. The zero-order valence-electron chi connectivity index (χ0n) is 19.9. The number of rotatable bonds is 6. The number of halogens is 3. The van der Waals surface area contributed by atoms with Gasteiger partial charge >= 0.3 is 0 Å². The lowest BCUT2D eigenvalue weighted by Crippen LogP contribution is -2.29. The minimum Gasteiger partial charge on any atom is -0.507 e. The van der Waals surface area contributed by atoms with Crippen LogP contribution < -0.4 is 9.64 Å². The highest BCUT2D eigenvalue weighted by atomic mass is 35.5. The summed E-state index contributed by atoms with van der Waals surface area (Å²) in [6.45, 7) is 6.29. The number of aliphatic hydroxyl groups is 1. The van der Waals surface area contributed by atoms with E-state index in [1.54, 1.807) is 24.3 Å². The van der Waals surface area contributed by atoms with Crippen LogP contribution >= 0.6 is 23.2 Å². The molecule has 0 aromatic heterocycles. The summed E-state index contributed by atoms with van der Waals surface area (Å²) in [5, 5.41) is 11.8. The minimum atomic E-state index is -1.22. The molecule has 186 valence electrons. The highest BCUT2D eigenvalue weighted by Gasteiger charge is 2.48. The molecule has 3 aromatic carbocycles. The lowest BCUT2D eigenvalue weighted by atomic mass is 9.93. The van der Waals surface area contributed by atoms with E-state index < -0.39 is 29.3 Å². The fraction of sp³-hybridized carbons (Fsp3) is 0.214. The van der Waals surface area contributed by atoms with Gasteiger partial charge in [-0.25, -0.2) is 4.39 Å². The second-order valence-electron chi connectivity index (χ2n) is 8.63. The number of hydrogen-bond acceptors (Lipinski definition) is 4. The Morgan fingerprint density at radius 1 is 1.06 bits per heavy atom. The van der Waals surface area contributed by atoms with Gasteiger partial charge in [-0.15, -0.1) is 0 Å². The molecule has 0 saturated carbocycles. The van der Waals surface area contributed by atoms with Crippen LogP contribution in [0.15, 0.2) is 66.2 Å². The van der Waals surface area contributed by atoms with Crippen LogP contribution in [0, 0.1) is 5.82 Å². The summed E-state index contributed by atoms with van der Waals surface area (Å²) >= 11 is 12.2. The molecule has 1 aliphatic rings. The average molecular weight is 528 g/mol. The molecular weight excluding hydrogens is 504 g/mol. The highest BCUT2D eigenvalue weighted by molar-refractivity contribution is 6.52. The molecule has 0 spiro atoms. The van der Waals surface area contributed by atoms with Crippen molar-refractivity contribution in [1.82, 2.24) is 0 Å². The monoisotopic (exact) mass is 527 g/mol. The molecule has 8 heteroatoms. The molecule has 1 N–H and O–H groups in total. The first kappa shape index (κ1) is 25.7. The number of nitrogens with zero attached hydrogens (tertiary/aromatic N) is 1. The van der Waals surface area contributed by atoms with E-state index in [0.29, 0.717) is 17.9 Å². The Morgan fingerprint density at radius 2 is 1.78 bits per heavy atom. The fourth-order valence-electron chi connectivity index (χ4n) is 4.31. The lowest BCUT2D eigenvalue weighted by molar-refractivity contribution is -0.132. The van der Waals surface area contributed by atoms with Gasteiger partial charge in [0.2, 0.25) is 0 Å². The molecule has 0 radical (unpaired) electrons. The summed E-state index contributed by atoms with van der Waals surface area (Å²) in [5.74, 6) is -2.18. The van der Waals surface area contributed by atoms with Gasteiger partial charge in [-0.1, -0.05) is 55.2 Å². The molecular formula is C28H24Cl2FNO4. The zero-order chi connectivity index (χ0) is 26.1. The van der Waals surface area contributed by atoms with E-state index in [-0.39, 0.29) is 32.8 Å². The lowest BCUT2D eigenvalue weighted by Gasteiger charge is -2.26. The molecule has 1 amide bonds. The predicted molar refractivity (Wildman–Crippen MR) is 139 cm³/mol. The van der Waals surface area contributed by atoms with Gasteiger partial charge < -0.3 is 9.84 Å². The van der Waals surface area contributed by atoms with Gasteiger partial charge in [-0.05, 0) is 60.9 Å². The van der Waals surface area contributed by atoms with E-state index >= 15 is 4.39 Å². The molecule has 1 saturated heterocycles. The molecule has 0 aliphatic carbocycles. The van der Waals surface area contributed by atoms with Gasteiger partial charge in [0.1, 0.15) is 17.3 Å². The van der Waals surface area contributed by atoms with Crippen molar-refractivity contribution in [3.05, 3.63) is 98.8 Å². The molecule has 1 fully saturated rings. The third-order valence-electron chi connectivity index (χ3n) is 6.03. The first-order valence-electron chi connectivity index (χ1n) is 11.4. The molecule has 0 bridgehead atoms. The second kappa shape index (κ2) is 10.3. The Hall–Kier alpha value is -3.35. The molecule has 1 aliphatic heterocycles. The SMILES string of the molecule is CCOc1ccc(/C(O)=C2\C(=O)C(=O)N(c3ccc(Cl)c(Cl)c3)C2c2ccccc2F)cc1C(C)C. The number of anilines is 1. The molecule has 1 atom stereocenters. The maximum absolute atomic E-state index is 15.1. The summed E-state index contributed by atoms with van der Waals surface area (Å²) in [5.41, 5.74) is 1.21. The fourth-order valence-corrected chi connectivity index (χ4v) is 4.61. The van der Waals surface area contributed by atoms with E-state index in [4.69, 9.17) is 27.9 Å². The van der Waals surface area contributed by atoms with Crippen molar-refractivity contribution in [2.75, 3.05) is 11.5 Å². The molecule has 4 rings (SSSR count). The van der Waals surface area contributed by atoms with Crippen LogP contribution in [0.4, 0.5) is 10.1 Å². The summed E-state index contributed by atoms with van der Waals surface area (Å²) in [4.78, 5) is 27.7. The highest BCUT2D eigenvalue weighted by Crippen LogP contribution is 2.44. The van der Waals surface area contributed by atoms with Crippen molar-refractivity contribution >= 4 is 46.3 Å². The Balaban J connectivity index is 1.96. The van der Waals surface area contributed by atoms with Crippen molar-refractivity contribution in [3.63, 3.8) is 0 Å². The number of hydrogen-bond donors (Lipinski definition) is 1. The van der Waals surface area contributed by atoms with Crippen LogP contribution in [0.5, 0.6) is 5.75 Å². The van der Waals surface area contributed by atoms with Crippen LogP contribution in [-0.4, -0.2) is 23.4 Å². The molecule has 36 heavy (non-hydrogen) atoms. The number of aliphatic hydroxyl groups excluding tert-OH is 1. The third-order valence-corrected chi connectivity index (χ3v) is 6.77. The van der Waals surface area contributed by atoms with E-state index in [0.717, 1.165) is 10.5 Å². The van der Waals surface area contributed by atoms with Crippen LogP contribution in [0.1, 0.15) is 49.4 Å². The van der Waals surface area contributed by atoms with Crippen LogP contribution in [0.3, 0.4) is 0 Å². The molecule has 1 heterocycles. The van der Waals surface area contributed by atoms with Gasteiger partial charge in [0, 0.05) is 16.8 Å². The maximum atomic E-state index is 15.1. The number of Topliss-reactive ketones (excluding diaryl/α,β-unsaturated/α-hetero) is 1. The molecule has 3 aromatic rings. The zero-order valence-corrected chi connectivity index (χ0v) is 21.4. The largest absolute Gasteiger partial charge is 0.507 e. The van der Waals surface area contributed by atoms with E-state index in [1.165, 1.54) is 36.4 Å². The smallest absolute Gasteiger partial charge is 0.300 e. The topological polar surface area (TPSA) is 66.8 Å². The van der Waals surface area contributed by atoms with Crippen LogP contribution in [-0.2, 0) is 9.59 Å². The van der Waals surface area contributed by atoms with E-state index in [1.807, 2.05) is 20.8 Å². The number of benzene rings is 3. The van der Waals surface area contributed by atoms with Crippen LogP contribution in [0.25, 0.3) is 5.76 Å². The Bertz CT molecular complexity index is 1390. The van der Waals surface area contributed by atoms with Crippen molar-refractivity contribution in [2.24, 2.45) is 0 Å². The quantitative estimate of drug-likeness (QED) is 0.207. The summed E-state index contributed by atoms with van der Waals surface area (Å²) in [6.07, 6.45) is 0. The Labute approximate surface area is 218 Å². The number of amides is 1. The number of carbonyl (C=O) groups is 2. The van der Waals surface area contributed by atoms with Crippen molar-refractivity contribution in [1.29, 1.82) is 0 Å². The van der Waals surface area contributed by atoms with Gasteiger partial charge in [-0.2, -0.15) is 0 Å². The van der Waals surface area contributed by atoms with E-state index in [9.17, 15) is 14.7 Å². The van der Waals surface area contributed by atoms with Gasteiger partial charge in [0.25, 0.3) is 11.7 Å². The number of ether oxygens (including phenoxy) is 1. The maximum Gasteiger partial charge on any atom is 0.300 e. The minimum absolute atomic E-state index is 0.0549. The van der Waals surface area contributed by atoms with Crippen molar-refractivity contribution in [2.45, 2.75) is 32.7 Å². The number of carbonyl (C=O) groups excluding carboxylic acids is 2. The first-order valence-corrected chi connectivity index (χ1v) is 12.2. The summed E-state index contributed by atoms with van der Waals surface area (Å²) < 4.78 is 20.8. The summed E-state index contributed by atoms with van der Waals surface area (Å²) in [7, 11) is 0. The number of ketones is 1. The second-order valence-corrected chi connectivity index (χ2v) is 9.44. The summed E-state index contributed by atoms with van der Waals surface area (Å²) in [6, 6.07) is 14.0. The molecule has 5 nitrogen and oxygen atoms in total. The van der Waals surface area contributed by atoms with Gasteiger partial charge in [0.05, 0.1) is 28.3 Å². The normalized spacial score (nSPS) is 17.2. The van der Waals surface area contributed by atoms with E-state index in [2.05, 4.69) is 0 Å². The Morgan fingerprint density at radius 3 is 2.42 bits per heavy atom. The average Bonchev–Trinajstić information content (AvgIpc) is 3.11. The molecule has 1 unspecified atom stereocenters. The first-order chi connectivity index (χ1) is 17.1.